The molecule has 2 N–H and O–H groups in total. The van der Waals surface area contributed by atoms with Crippen molar-refractivity contribution in [3.05, 3.63) is 33.8 Å². The van der Waals surface area contributed by atoms with Gasteiger partial charge in [-0.25, -0.2) is 0 Å². The Hall–Kier alpha value is -0.240. The Morgan fingerprint density at radius 2 is 2.08 bits per heavy atom. The van der Waals surface area contributed by atoms with Crippen LogP contribution in [-0.4, -0.2) is 6.54 Å². The predicted octanol–water partition coefficient (Wildman–Crippen LogP) is 3.06. The molecule has 1 aromatic carbocycles. The fraction of sp³-hybridized carbons (Fsp3) is 0.400. The van der Waals surface area contributed by atoms with Crippen LogP contribution in [0.4, 0.5) is 0 Å². The van der Waals surface area contributed by atoms with Crippen LogP contribution >= 0.6 is 23.2 Å². The SMILES string of the molecule is NC[C@@H]1C[C@H]1c1ccc(Cl)c(Cl)c1. The van der Waals surface area contributed by atoms with Crippen molar-refractivity contribution in [2.75, 3.05) is 6.54 Å². The molecule has 1 saturated carbocycles. The molecule has 0 saturated heterocycles. The second kappa shape index (κ2) is 3.49. The lowest BCUT2D eigenvalue weighted by atomic mass is 10.1. The fourth-order valence-electron chi connectivity index (χ4n) is 1.66. The van der Waals surface area contributed by atoms with E-state index < -0.39 is 0 Å². The molecule has 0 spiro atoms. The number of hydrogen-bond acceptors (Lipinski definition) is 1. The number of rotatable bonds is 2. The van der Waals surface area contributed by atoms with Crippen LogP contribution in [0.5, 0.6) is 0 Å². The van der Waals surface area contributed by atoms with Crippen LogP contribution in [-0.2, 0) is 0 Å². The lowest BCUT2D eigenvalue weighted by Crippen LogP contribution is -2.01. The van der Waals surface area contributed by atoms with Gasteiger partial charge in [-0.1, -0.05) is 29.3 Å². The minimum absolute atomic E-state index is 0.611. The summed E-state index contributed by atoms with van der Waals surface area (Å²) in [5.74, 6) is 1.26. The third kappa shape index (κ3) is 1.83. The highest BCUT2D eigenvalue weighted by Crippen LogP contribution is 2.47. The number of hydrogen-bond donors (Lipinski definition) is 1. The molecule has 0 radical (unpaired) electrons. The van der Waals surface area contributed by atoms with Gasteiger partial charge in [0.2, 0.25) is 0 Å². The molecule has 1 aromatic rings. The molecule has 3 heteroatoms. The van der Waals surface area contributed by atoms with Crippen molar-refractivity contribution in [1.29, 1.82) is 0 Å². The summed E-state index contributed by atoms with van der Waals surface area (Å²) in [7, 11) is 0. The van der Waals surface area contributed by atoms with Crippen molar-refractivity contribution in [2.24, 2.45) is 11.7 Å². The van der Waals surface area contributed by atoms with Crippen molar-refractivity contribution in [2.45, 2.75) is 12.3 Å². The zero-order valence-corrected chi connectivity index (χ0v) is 8.65. The van der Waals surface area contributed by atoms with Gasteiger partial charge in [0, 0.05) is 0 Å². The molecule has 1 aliphatic rings. The van der Waals surface area contributed by atoms with E-state index in [-0.39, 0.29) is 0 Å². The van der Waals surface area contributed by atoms with Gasteiger partial charge in [0.15, 0.2) is 0 Å². The van der Waals surface area contributed by atoms with Crippen LogP contribution in [0.2, 0.25) is 10.0 Å². The van der Waals surface area contributed by atoms with E-state index in [2.05, 4.69) is 0 Å². The number of benzene rings is 1. The molecule has 0 aliphatic heterocycles. The first-order chi connectivity index (χ1) is 6.22. The van der Waals surface area contributed by atoms with Crippen LogP contribution in [0.25, 0.3) is 0 Å². The van der Waals surface area contributed by atoms with Gasteiger partial charge in [-0.3, -0.25) is 0 Å². The van der Waals surface area contributed by atoms with Gasteiger partial charge in [0.25, 0.3) is 0 Å². The first-order valence-corrected chi connectivity index (χ1v) is 5.13. The van der Waals surface area contributed by atoms with E-state index in [9.17, 15) is 0 Å². The van der Waals surface area contributed by atoms with E-state index in [1.165, 1.54) is 12.0 Å². The molecular weight excluding hydrogens is 205 g/mol. The zero-order chi connectivity index (χ0) is 9.42. The molecule has 0 heterocycles. The van der Waals surface area contributed by atoms with Crippen LogP contribution < -0.4 is 5.73 Å². The summed E-state index contributed by atoms with van der Waals surface area (Å²) in [6.45, 7) is 0.769. The van der Waals surface area contributed by atoms with E-state index in [0.717, 1.165) is 6.54 Å². The van der Waals surface area contributed by atoms with E-state index in [0.29, 0.717) is 21.9 Å². The van der Waals surface area contributed by atoms with Crippen LogP contribution in [0.3, 0.4) is 0 Å². The number of halogens is 2. The second-order valence-electron chi connectivity index (χ2n) is 3.51. The molecule has 0 bridgehead atoms. The maximum absolute atomic E-state index is 5.91. The Morgan fingerprint density at radius 3 is 2.62 bits per heavy atom. The lowest BCUT2D eigenvalue weighted by molar-refractivity contribution is 0.810. The normalized spacial score (nSPS) is 26.1. The summed E-state index contributed by atoms with van der Waals surface area (Å²) in [6.07, 6.45) is 1.19. The highest BCUT2D eigenvalue weighted by atomic mass is 35.5. The minimum atomic E-state index is 0.611. The quantitative estimate of drug-likeness (QED) is 0.807. The summed E-state index contributed by atoms with van der Waals surface area (Å²) < 4.78 is 0. The molecule has 1 fully saturated rings. The number of nitrogens with two attached hydrogens (primary N) is 1. The molecule has 0 aromatic heterocycles. The van der Waals surface area contributed by atoms with Crippen molar-refractivity contribution < 1.29 is 0 Å². The standard InChI is InChI=1S/C10H11Cl2N/c11-9-2-1-6(4-10(9)12)8-3-7(8)5-13/h1-2,4,7-8H,3,5,13H2/t7-,8-/m0/s1. The summed E-state index contributed by atoms with van der Waals surface area (Å²) in [6, 6.07) is 5.84. The monoisotopic (exact) mass is 215 g/mol. The second-order valence-corrected chi connectivity index (χ2v) is 4.33. The summed E-state index contributed by atoms with van der Waals surface area (Å²) >= 11 is 11.7. The van der Waals surface area contributed by atoms with Gasteiger partial charge in [0.1, 0.15) is 0 Å². The molecule has 1 nitrogen and oxygen atoms in total. The molecule has 2 rings (SSSR count). The molecule has 0 amide bonds. The molecule has 70 valence electrons. The van der Waals surface area contributed by atoms with E-state index in [1.54, 1.807) is 0 Å². The Kier molecular flexibility index (Phi) is 2.50. The summed E-state index contributed by atoms with van der Waals surface area (Å²) in [5.41, 5.74) is 6.84. The van der Waals surface area contributed by atoms with Crippen molar-refractivity contribution in [1.82, 2.24) is 0 Å². The van der Waals surface area contributed by atoms with E-state index >= 15 is 0 Å². The van der Waals surface area contributed by atoms with Gasteiger partial charge < -0.3 is 5.73 Å². The topological polar surface area (TPSA) is 26.0 Å². The van der Waals surface area contributed by atoms with Gasteiger partial charge >= 0.3 is 0 Å². The average Bonchev–Trinajstić information content (AvgIpc) is 2.88. The molecule has 2 atom stereocenters. The Bertz CT molecular complexity index is 325. The summed E-state index contributed by atoms with van der Waals surface area (Å²) in [4.78, 5) is 0. The van der Waals surface area contributed by atoms with Crippen molar-refractivity contribution in [3.63, 3.8) is 0 Å². The van der Waals surface area contributed by atoms with Crippen LogP contribution in [0, 0.1) is 5.92 Å². The molecule has 0 unspecified atom stereocenters. The highest BCUT2D eigenvalue weighted by molar-refractivity contribution is 6.42. The largest absolute Gasteiger partial charge is 0.330 e. The van der Waals surface area contributed by atoms with Crippen molar-refractivity contribution in [3.8, 4) is 0 Å². The van der Waals surface area contributed by atoms with Gasteiger partial charge in [0.05, 0.1) is 10.0 Å². The highest BCUT2D eigenvalue weighted by Gasteiger charge is 2.36. The molecule has 13 heavy (non-hydrogen) atoms. The Balaban J connectivity index is 2.19. The van der Waals surface area contributed by atoms with Crippen LogP contribution in [0.15, 0.2) is 18.2 Å². The third-order valence-corrected chi connectivity index (χ3v) is 3.34. The first-order valence-electron chi connectivity index (χ1n) is 4.37. The van der Waals surface area contributed by atoms with Gasteiger partial charge in [-0.2, -0.15) is 0 Å². The van der Waals surface area contributed by atoms with E-state index in [4.69, 9.17) is 28.9 Å². The molecular formula is C10H11Cl2N. The molecule has 1 aliphatic carbocycles. The minimum Gasteiger partial charge on any atom is -0.330 e. The maximum atomic E-state index is 5.91. The van der Waals surface area contributed by atoms with E-state index in [1.807, 2.05) is 18.2 Å². The van der Waals surface area contributed by atoms with Crippen molar-refractivity contribution >= 4 is 23.2 Å². The lowest BCUT2D eigenvalue weighted by Gasteiger charge is -2.01. The smallest absolute Gasteiger partial charge is 0.0595 e. The van der Waals surface area contributed by atoms with Crippen LogP contribution in [0.1, 0.15) is 17.9 Å². The predicted molar refractivity (Wildman–Crippen MR) is 56.4 cm³/mol. The Morgan fingerprint density at radius 1 is 1.31 bits per heavy atom. The average molecular weight is 216 g/mol. The van der Waals surface area contributed by atoms with Gasteiger partial charge in [-0.15, -0.1) is 0 Å². The third-order valence-electron chi connectivity index (χ3n) is 2.60. The fourth-order valence-corrected chi connectivity index (χ4v) is 1.97. The van der Waals surface area contributed by atoms with Gasteiger partial charge in [-0.05, 0) is 42.5 Å². The maximum Gasteiger partial charge on any atom is 0.0595 e. The zero-order valence-electron chi connectivity index (χ0n) is 7.13. The Labute approximate surface area is 87.8 Å². The first kappa shape index (κ1) is 9.32. The summed E-state index contributed by atoms with van der Waals surface area (Å²) in [5, 5.41) is 1.26.